The van der Waals surface area contributed by atoms with Gasteiger partial charge >= 0.3 is 0 Å². The number of aliphatic hydroxyl groups excluding tert-OH is 1. The Morgan fingerprint density at radius 2 is 2.24 bits per heavy atom. The largest absolute Gasteiger partial charge is 0.395 e. The highest BCUT2D eigenvalue weighted by Gasteiger charge is 2.27. The van der Waals surface area contributed by atoms with Crippen molar-refractivity contribution in [1.82, 2.24) is 10.2 Å². The maximum absolute atomic E-state index is 9.39. The smallest absolute Gasteiger partial charge is 0.0597 e. The minimum atomic E-state index is 0.252. The lowest BCUT2D eigenvalue weighted by Gasteiger charge is -2.34. The zero-order valence-electron chi connectivity index (χ0n) is 10.9. The van der Waals surface area contributed by atoms with Gasteiger partial charge in [0.15, 0.2) is 0 Å². The van der Waals surface area contributed by atoms with Gasteiger partial charge in [-0.2, -0.15) is 0 Å². The molecule has 0 aromatic heterocycles. The monoisotopic (exact) mass is 242 g/mol. The molecule has 0 amide bonds. The number of aliphatic hydroxyl groups is 1. The van der Waals surface area contributed by atoms with Gasteiger partial charge in [0.25, 0.3) is 0 Å². The molecular weight excluding hydrogens is 216 g/mol. The van der Waals surface area contributed by atoms with E-state index in [-0.39, 0.29) is 12.6 Å². The summed E-state index contributed by atoms with van der Waals surface area (Å²) in [5.74, 6) is 0.675. The summed E-state index contributed by atoms with van der Waals surface area (Å²) in [6.07, 6.45) is 5.10. The number of hydrogen-bond acceptors (Lipinski definition) is 4. The third-order valence-corrected chi connectivity index (χ3v) is 3.75. The Hall–Kier alpha value is -0.160. The molecule has 0 bridgehead atoms. The SMILES string of the molecule is COCC1CCCN(CC(CO)NC2CC2)C1. The molecule has 0 aromatic carbocycles. The van der Waals surface area contributed by atoms with Crippen molar-refractivity contribution in [2.24, 2.45) is 5.92 Å². The number of likely N-dealkylation sites (tertiary alicyclic amines) is 1. The fourth-order valence-electron chi connectivity index (χ4n) is 2.75. The first kappa shape index (κ1) is 13.3. The summed E-state index contributed by atoms with van der Waals surface area (Å²) in [6.45, 7) is 4.39. The molecule has 0 aromatic rings. The number of rotatable bonds is 7. The zero-order chi connectivity index (χ0) is 12.1. The molecule has 1 saturated heterocycles. The quantitative estimate of drug-likeness (QED) is 0.681. The van der Waals surface area contributed by atoms with Crippen molar-refractivity contribution in [1.29, 1.82) is 0 Å². The molecule has 1 heterocycles. The first-order chi connectivity index (χ1) is 8.31. The summed E-state index contributed by atoms with van der Waals surface area (Å²) >= 11 is 0. The van der Waals surface area contributed by atoms with E-state index in [1.54, 1.807) is 7.11 Å². The standard InChI is InChI=1S/C13H26N2O2/c1-17-10-11-3-2-6-15(7-11)8-13(9-16)14-12-4-5-12/h11-14,16H,2-10H2,1H3. The van der Waals surface area contributed by atoms with Crippen LogP contribution < -0.4 is 5.32 Å². The van der Waals surface area contributed by atoms with Crippen molar-refractivity contribution < 1.29 is 9.84 Å². The first-order valence-electron chi connectivity index (χ1n) is 6.90. The number of nitrogens with zero attached hydrogens (tertiary/aromatic N) is 1. The lowest BCUT2D eigenvalue weighted by Crippen LogP contribution is -2.47. The predicted octanol–water partition coefficient (Wildman–Crippen LogP) is 0.458. The summed E-state index contributed by atoms with van der Waals surface area (Å²) in [6, 6.07) is 0.926. The average Bonchev–Trinajstić information content (AvgIpc) is 3.13. The molecule has 2 rings (SSSR count). The van der Waals surface area contributed by atoms with Crippen LogP contribution in [-0.4, -0.2) is 62.0 Å². The lowest BCUT2D eigenvalue weighted by atomic mass is 9.98. The zero-order valence-corrected chi connectivity index (χ0v) is 10.9. The molecule has 2 unspecified atom stereocenters. The Morgan fingerprint density at radius 3 is 2.88 bits per heavy atom. The Labute approximate surface area is 104 Å². The van der Waals surface area contributed by atoms with Gasteiger partial charge in [0.05, 0.1) is 13.2 Å². The lowest BCUT2D eigenvalue weighted by molar-refractivity contribution is 0.0797. The molecular formula is C13H26N2O2. The van der Waals surface area contributed by atoms with Crippen LogP contribution in [0.4, 0.5) is 0 Å². The van der Waals surface area contributed by atoms with Gasteiger partial charge in [-0.05, 0) is 38.1 Å². The summed E-state index contributed by atoms with van der Waals surface area (Å²) < 4.78 is 5.24. The molecule has 0 radical (unpaired) electrons. The van der Waals surface area contributed by atoms with Gasteiger partial charge in [-0.25, -0.2) is 0 Å². The summed E-state index contributed by atoms with van der Waals surface area (Å²) in [5.41, 5.74) is 0. The summed E-state index contributed by atoms with van der Waals surface area (Å²) in [5, 5.41) is 12.9. The fraction of sp³-hybridized carbons (Fsp3) is 1.00. The van der Waals surface area contributed by atoms with Crippen LogP contribution >= 0.6 is 0 Å². The van der Waals surface area contributed by atoms with Gasteiger partial charge < -0.3 is 20.1 Å². The minimum absolute atomic E-state index is 0.252. The van der Waals surface area contributed by atoms with Crippen LogP contribution in [-0.2, 0) is 4.74 Å². The van der Waals surface area contributed by atoms with Gasteiger partial charge in [-0.15, -0.1) is 0 Å². The molecule has 2 aliphatic rings. The van der Waals surface area contributed by atoms with Gasteiger partial charge in [0, 0.05) is 32.3 Å². The Bertz CT molecular complexity index is 219. The van der Waals surface area contributed by atoms with E-state index in [0.29, 0.717) is 12.0 Å². The Balaban J connectivity index is 1.71. The van der Waals surface area contributed by atoms with Crippen molar-refractivity contribution in [3.63, 3.8) is 0 Å². The van der Waals surface area contributed by atoms with E-state index in [4.69, 9.17) is 4.74 Å². The maximum Gasteiger partial charge on any atom is 0.0597 e. The molecule has 1 aliphatic heterocycles. The number of nitrogens with one attached hydrogen (secondary N) is 1. The van der Waals surface area contributed by atoms with Gasteiger partial charge in [0.2, 0.25) is 0 Å². The van der Waals surface area contributed by atoms with Crippen LogP contribution in [0.1, 0.15) is 25.7 Å². The van der Waals surface area contributed by atoms with E-state index in [2.05, 4.69) is 10.2 Å². The van der Waals surface area contributed by atoms with Gasteiger partial charge in [0.1, 0.15) is 0 Å². The first-order valence-corrected chi connectivity index (χ1v) is 6.90. The predicted molar refractivity (Wildman–Crippen MR) is 68.1 cm³/mol. The van der Waals surface area contributed by atoms with Crippen molar-refractivity contribution in [3.8, 4) is 0 Å². The number of methoxy groups -OCH3 is 1. The molecule has 17 heavy (non-hydrogen) atoms. The van der Waals surface area contributed by atoms with E-state index in [1.807, 2.05) is 0 Å². The van der Waals surface area contributed by atoms with Crippen LogP contribution in [0, 0.1) is 5.92 Å². The van der Waals surface area contributed by atoms with E-state index in [0.717, 1.165) is 19.7 Å². The summed E-state index contributed by atoms with van der Waals surface area (Å²) in [7, 11) is 1.78. The van der Waals surface area contributed by atoms with Gasteiger partial charge in [-0.3, -0.25) is 0 Å². The number of piperidine rings is 1. The van der Waals surface area contributed by atoms with Crippen molar-refractivity contribution >= 4 is 0 Å². The van der Waals surface area contributed by atoms with E-state index < -0.39 is 0 Å². The average molecular weight is 242 g/mol. The molecule has 1 saturated carbocycles. The highest BCUT2D eigenvalue weighted by atomic mass is 16.5. The molecule has 2 N–H and O–H groups in total. The van der Waals surface area contributed by atoms with Crippen LogP contribution in [0.25, 0.3) is 0 Å². The molecule has 1 aliphatic carbocycles. The molecule has 4 nitrogen and oxygen atoms in total. The van der Waals surface area contributed by atoms with E-state index >= 15 is 0 Å². The topological polar surface area (TPSA) is 44.7 Å². The molecule has 2 fully saturated rings. The van der Waals surface area contributed by atoms with Crippen LogP contribution in [0.5, 0.6) is 0 Å². The van der Waals surface area contributed by atoms with Crippen LogP contribution in [0.15, 0.2) is 0 Å². The summed E-state index contributed by atoms with van der Waals surface area (Å²) in [4.78, 5) is 2.48. The van der Waals surface area contributed by atoms with Crippen LogP contribution in [0.2, 0.25) is 0 Å². The maximum atomic E-state index is 9.39. The molecule has 100 valence electrons. The number of ether oxygens (including phenoxy) is 1. The Morgan fingerprint density at radius 1 is 1.41 bits per heavy atom. The highest BCUT2D eigenvalue weighted by Crippen LogP contribution is 2.20. The van der Waals surface area contributed by atoms with E-state index in [1.165, 1.54) is 32.2 Å². The third kappa shape index (κ3) is 4.54. The number of hydrogen-bond donors (Lipinski definition) is 2. The third-order valence-electron chi connectivity index (χ3n) is 3.75. The second kappa shape index (κ2) is 6.69. The molecule has 4 heteroatoms. The molecule has 0 spiro atoms. The second-order valence-electron chi connectivity index (χ2n) is 5.54. The van der Waals surface area contributed by atoms with Crippen molar-refractivity contribution in [2.45, 2.75) is 37.8 Å². The van der Waals surface area contributed by atoms with Crippen molar-refractivity contribution in [3.05, 3.63) is 0 Å². The van der Waals surface area contributed by atoms with E-state index in [9.17, 15) is 5.11 Å². The van der Waals surface area contributed by atoms with Crippen LogP contribution in [0.3, 0.4) is 0 Å². The van der Waals surface area contributed by atoms with Gasteiger partial charge in [-0.1, -0.05) is 0 Å². The second-order valence-corrected chi connectivity index (χ2v) is 5.54. The minimum Gasteiger partial charge on any atom is -0.395 e. The van der Waals surface area contributed by atoms with Crippen molar-refractivity contribution in [2.75, 3.05) is 40.0 Å². The normalized spacial score (nSPS) is 28.2. The highest BCUT2D eigenvalue weighted by molar-refractivity contribution is 4.86. The fourth-order valence-corrected chi connectivity index (χ4v) is 2.75. The Kier molecular flexibility index (Phi) is 5.22. The molecule has 2 atom stereocenters.